The predicted octanol–water partition coefficient (Wildman–Crippen LogP) is 2.83. The molecule has 2 rings (SSSR count). The first-order valence-corrected chi connectivity index (χ1v) is 8.06. The van der Waals surface area contributed by atoms with Gasteiger partial charge >= 0.3 is 0 Å². The normalized spacial score (nSPS) is 9.46. The molecule has 2 N–H and O–H groups in total. The predicted molar refractivity (Wildman–Crippen MR) is 92.9 cm³/mol. The average Bonchev–Trinajstić information content (AvgIpc) is 3.05. The van der Waals surface area contributed by atoms with Gasteiger partial charge < -0.3 is 10.6 Å². The van der Waals surface area contributed by atoms with E-state index in [4.69, 9.17) is 10.5 Å². The Hall–Kier alpha value is -3.16. The van der Waals surface area contributed by atoms with E-state index in [2.05, 4.69) is 15.6 Å². The lowest BCUT2D eigenvalue weighted by Gasteiger charge is -2.03. The van der Waals surface area contributed by atoms with Crippen molar-refractivity contribution >= 4 is 22.4 Å². The molecule has 0 atom stereocenters. The number of rotatable bonds is 6. The maximum absolute atomic E-state index is 10.8. The van der Waals surface area contributed by atoms with Crippen LogP contribution < -0.4 is 10.6 Å². The molecule has 1 aromatic carbocycles. The van der Waals surface area contributed by atoms with E-state index >= 15 is 0 Å². The summed E-state index contributed by atoms with van der Waals surface area (Å²) in [5, 5.41) is 25.5. The molecular weight excluding hydrogens is 322 g/mol. The van der Waals surface area contributed by atoms with Crippen molar-refractivity contribution in [1.29, 1.82) is 10.5 Å². The summed E-state index contributed by atoms with van der Waals surface area (Å²) in [6, 6.07) is 11.5. The number of benzene rings is 1. The lowest BCUT2D eigenvalue weighted by molar-refractivity contribution is -0.118. The summed E-state index contributed by atoms with van der Waals surface area (Å²) in [4.78, 5) is 15.3. The van der Waals surface area contributed by atoms with Crippen LogP contribution in [0.5, 0.6) is 0 Å². The summed E-state index contributed by atoms with van der Waals surface area (Å²) in [7, 11) is 0. The number of hydrogen-bond acceptors (Lipinski definition) is 6. The Labute approximate surface area is 144 Å². The van der Waals surface area contributed by atoms with Crippen molar-refractivity contribution < 1.29 is 4.79 Å². The van der Waals surface area contributed by atoms with E-state index in [0.29, 0.717) is 11.7 Å². The molecule has 0 aliphatic carbocycles. The zero-order valence-electron chi connectivity index (χ0n) is 13.0. The fourth-order valence-electron chi connectivity index (χ4n) is 1.92. The number of nitriles is 2. The van der Waals surface area contributed by atoms with E-state index in [1.165, 1.54) is 24.5 Å². The van der Waals surface area contributed by atoms with Gasteiger partial charge in [-0.25, -0.2) is 4.98 Å². The smallest absolute Gasteiger partial charge is 0.216 e. The molecule has 1 aromatic heterocycles. The van der Waals surface area contributed by atoms with E-state index in [9.17, 15) is 4.79 Å². The summed E-state index contributed by atoms with van der Waals surface area (Å²) < 4.78 is 0. The molecule has 0 fully saturated rings. The van der Waals surface area contributed by atoms with Crippen molar-refractivity contribution in [2.24, 2.45) is 0 Å². The Morgan fingerprint density at radius 3 is 2.62 bits per heavy atom. The molecule has 0 spiro atoms. The molecule has 1 heterocycles. The van der Waals surface area contributed by atoms with Gasteiger partial charge in [-0.05, 0) is 12.0 Å². The Balaban J connectivity index is 2.00. The lowest BCUT2D eigenvalue weighted by atomic mass is 10.1. The fraction of sp³-hybridized carbons (Fsp3) is 0.176. The number of carbonyl (C=O) groups is 1. The maximum atomic E-state index is 10.8. The van der Waals surface area contributed by atoms with Gasteiger partial charge in [-0.3, -0.25) is 4.79 Å². The second-order valence-corrected chi connectivity index (χ2v) is 5.75. The minimum atomic E-state index is -0.0286. The van der Waals surface area contributed by atoms with Crippen LogP contribution in [0.25, 0.3) is 11.3 Å². The van der Waals surface area contributed by atoms with Gasteiger partial charge in [-0.15, -0.1) is 11.3 Å². The van der Waals surface area contributed by atoms with Crippen LogP contribution in [0.15, 0.2) is 41.4 Å². The number of amides is 1. The summed E-state index contributed by atoms with van der Waals surface area (Å²) in [6.45, 7) is 2.12. The first kappa shape index (κ1) is 17.2. The van der Waals surface area contributed by atoms with Crippen molar-refractivity contribution in [3.63, 3.8) is 0 Å². The fourth-order valence-corrected chi connectivity index (χ4v) is 2.61. The van der Waals surface area contributed by atoms with Crippen molar-refractivity contribution in [2.75, 3.05) is 11.9 Å². The molecule has 0 saturated carbocycles. The number of thiazole rings is 1. The zero-order chi connectivity index (χ0) is 17.4. The van der Waals surface area contributed by atoms with Gasteiger partial charge in [-0.1, -0.05) is 24.3 Å². The topological polar surface area (TPSA) is 102 Å². The Bertz CT molecular complexity index is 808. The van der Waals surface area contributed by atoms with Crippen LogP contribution in [0.3, 0.4) is 0 Å². The molecule has 7 heteroatoms. The molecule has 1 amide bonds. The monoisotopic (exact) mass is 337 g/mol. The SMILES string of the molecule is CC(=O)NCCc1ccc(-c2csc(NC=C(C#N)C#N)n2)cc1. The van der Waals surface area contributed by atoms with Gasteiger partial charge in [-0.2, -0.15) is 10.5 Å². The molecule has 0 aliphatic heterocycles. The molecule has 2 aromatic rings. The molecule has 0 unspecified atom stereocenters. The Morgan fingerprint density at radius 2 is 2.00 bits per heavy atom. The molecule has 0 aliphatic rings. The summed E-state index contributed by atoms with van der Waals surface area (Å²) in [5.74, 6) is -0.0286. The van der Waals surface area contributed by atoms with Crippen molar-refractivity contribution in [3.8, 4) is 23.4 Å². The van der Waals surface area contributed by atoms with Crippen molar-refractivity contribution in [2.45, 2.75) is 13.3 Å². The third-order valence-corrected chi connectivity index (χ3v) is 3.90. The highest BCUT2D eigenvalue weighted by Gasteiger charge is 2.04. The number of nitrogens with zero attached hydrogens (tertiary/aromatic N) is 3. The van der Waals surface area contributed by atoms with Crippen LogP contribution >= 0.6 is 11.3 Å². The second-order valence-electron chi connectivity index (χ2n) is 4.89. The van der Waals surface area contributed by atoms with E-state index in [0.717, 1.165) is 23.2 Å². The number of hydrogen-bond donors (Lipinski definition) is 2. The van der Waals surface area contributed by atoms with Crippen LogP contribution in [-0.2, 0) is 11.2 Å². The van der Waals surface area contributed by atoms with Crippen LogP contribution in [0.2, 0.25) is 0 Å². The number of aromatic nitrogens is 1. The van der Waals surface area contributed by atoms with Gasteiger partial charge in [0.25, 0.3) is 0 Å². The lowest BCUT2D eigenvalue weighted by Crippen LogP contribution is -2.22. The third-order valence-electron chi connectivity index (χ3n) is 3.12. The van der Waals surface area contributed by atoms with Crippen LogP contribution in [0.4, 0.5) is 5.13 Å². The van der Waals surface area contributed by atoms with E-state index in [-0.39, 0.29) is 11.5 Å². The number of anilines is 1. The van der Waals surface area contributed by atoms with Gasteiger partial charge in [0.1, 0.15) is 17.7 Å². The van der Waals surface area contributed by atoms with Gasteiger partial charge in [0.2, 0.25) is 5.91 Å². The number of allylic oxidation sites excluding steroid dienone is 1. The summed E-state index contributed by atoms with van der Waals surface area (Å²) >= 11 is 1.40. The van der Waals surface area contributed by atoms with Gasteiger partial charge in [0.05, 0.1) is 5.69 Å². The minimum Gasteiger partial charge on any atom is -0.356 e. The highest BCUT2D eigenvalue weighted by Crippen LogP contribution is 2.25. The largest absolute Gasteiger partial charge is 0.356 e. The third kappa shape index (κ3) is 4.94. The molecule has 0 bridgehead atoms. The standard InChI is InChI=1S/C17H15N5OS/c1-12(23)20-7-6-13-2-4-15(5-3-13)16-11-24-17(22-16)21-10-14(8-18)9-19/h2-5,10-11H,6-7H2,1H3,(H,20,23)(H,21,22). The summed E-state index contributed by atoms with van der Waals surface area (Å²) in [6.07, 6.45) is 2.12. The number of nitrogens with one attached hydrogen (secondary N) is 2. The van der Waals surface area contributed by atoms with E-state index in [1.807, 2.05) is 29.6 Å². The minimum absolute atomic E-state index is 0.00438. The van der Waals surface area contributed by atoms with E-state index in [1.54, 1.807) is 12.1 Å². The molecule has 120 valence electrons. The Morgan fingerprint density at radius 1 is 1.29 bits per heavy atom. The van der Waals surface area contributed by atoms with Gasteiger partial charge in [0.15, 0.2) is 5.13 Å². The van der Waals surface area contributed by atoms with Gasteiger partial charge in [0, 0.05) is 30.6 Å². The highest BCUT2D eigenvalue weighted by atomic mass is 32.1. The van der Waals surface area contributed by atoms with Crippen LogP contribution in [0, 0.1) is 22.7 Å². The zero-order valence-corrected chi connectivity index (χ0v) is 13.9. The molecule has 6 nitrogen and oxygen atoms in total. The first-order valence-electron chi connectivity index (χ1n) is 7.18. The molecule has 24 heavy (non-hydrogen) atoms. The van der Waals surface area contributed by atoms with Crippen LogP contribution in [-0.4, -0.2) is 17.4 Å². The van der Waals surface area contributed by atoms with Crippen LogP contribution in [0.1, 0.15) is 12.5 Å². The second kappa shape index (κ2) is 8.47. The van der Waals surface area contributed by atoms with Crippen molar-refractivity contribution in [3.05, 3.63) is 47.0 Å². The quantitative estimate of drug-likeness (QED) is 0.789. The Kier molecular flexibility index (Phi) is 6.07. The maximum Gasteiger partial charge on any atom is 0.216 e. The summed E-state index contributed by atoms with van der Waals surface area (Å²) in [5.41, 5.74) is 2.93. The average molecular weight is 337 g/mol. The molecule has 0 saturated heterocycles. The van der Waals surface area contributed by atoms with E-state index < -0.39 is 0 Å². The first-order chi connectivity index (χ1) is 11.6. The molecule has 0 radical (unpaired) electrons. The molecular formula is C17H15N5OS. The highest BCUT2D eigenvalue weighted by molar-refractivity contribution is 7.14. The number of carbonyl (C=O) groups excluding carboxylic acids is 1. The van der Waals surface area contributed by atoms with Crippen molar-refractivity contribution in [1.82, 2.24) is 10.3 Å².